The van der Waals surface area contributed by atoms with Gasteiger partial charge >= 0.3 is 5.97 Å². The molecule has 118 valence electrons. The maximum Gasteiger partial charge on any atom is 0.315 e. The van der Waals surface area contributed by atoms with Gasteiger partial charge in [0, 0.05) is 17.9 Å². The monoisotopic (exact) mass is 315 g/mol. The van der Waals surface area contributed by atoms with Gasteiger partial charge < -0.3 is 10.0 Å². The molecule has 3 nitrogen and oxygen atoms in total. The number of hydrogen-bond donors (Lipinski definition) is 1. The number of benzene rings is 3. The Bertz CT molecular complexity index is 842. The Hall–Kier alpha value is -3.07. The van der Waals surface area contributed by atoms with Gasteiger partial charge in [0.05, 0.1) is 0 Å². The van der Waals surface area contributed by atoms with Crippen molar-refractivity contribution in [2.45, 2.75) is 12.5 Å². The Kier molecular flexibility index (Phi) is 3.54. The summed E-state index contributed by atoms with van der Waals surface area (Å²) < 4.78 is 0. The van der Waals surface area contributed by atoms with Gasteiger partial charge in [0.2, 0.25) is 0 Å². The highest BCUT2D eigenvalue weighted by Crippen LogP contribution is 2.45. The zero-order valence-corrected chi connectivity index (χ0v) is 13.1. The molecule has 0 aliphatic carbocycles. The number of anilines is 2. The number of fused-ring (bicyclic) bond motifs is 2. The van der Waals surface area contributed by atoms with Gasteiger partial charge in [0.25, 0.3) is 0 Å². The molecule has 0 aromatic heterocycles. The smallest absolute Gasteiger partial charge is 0.315 e. The molecular formula is C21H17NO2. The molecule has 0 bridgehead atoms. The van der Waals surface area contributed by atoms with Crippen molar-refractivity contribution in [2.75, 3.05) is 4.90 Å². The highest BCUT2D eigenvalue weighted by atomic mass is 16.4. The maximum absolute atomic E-state index is 11.9. The number of para-hydroxylation sites is 2. The van der Waals surface area contributed by atoms with Crippen LogP contribution in [-0.4, -0.2) is 11.1 Å². The predicted octanol–water partition coefficient (Wildman–Crippen LogP) is 4.55. The first kappa shape index (κ1) is 14.5. The van der Waals surface area contributed by atoms with Crippen LogP contribution in [0.4, 0.5) is 11.4 Å². The third kappa shape index (κ3) is 2.35. The fourth-order valence-corrected chi connectivity index (χ4v) is 3.45. The molecule has 4 rings (SSSR count). The lowest BCUT2D eigenvalue weighted by atomic mass is 9.84. The van der Waals surface area contributed by atoms with E-state index in [-0.39, 0.29) is 0 Å². The van der Waals surface area contributed by atoms with E-state index in [1.54, 1.807) is 0 Å². The number of hydrogen-bond acceptors (Lipinski definition) is 2. The van der Waals surface area contributed by atoms with Gasteiger partial charge in [-0.05, 0) is 28.8 Å². The van der Waals surface area contributed by atoms with Gasteiger partial charge in [0.1, 0.15) is 5.92 Å². The van der Waals surface area contributed by atoms with Gasteiger partial charge in [-0.25, -0.2) is 0 Å². The lowest BCUT2D eigenvalue weighted by molar-refractivity contribution is -0.137. The predicted molar refractivity (Wildman–Crippen MR) is 94.6 cm³/mol. The third-order valence-corrected chi connectivity index (χ3v) is 4.51. The van der Waals surface area contributed by atoms with Gasteiger partial charge in [-0.1, -0.05) is 66.7 Å². The van der Waals surface area contributed by atoms with Gasteiger partial charge in [0.15, 0.2) is 0 Å². The first-order valence-electron chi connectivity index (χ1n) is 7.98. The van der Waals surface area contributed by atoms with Crippen molar-refractivity contribution < 1.29 is 9.90 Å². The van der Waals surface area contributed by atoms with E-state index in [2.05, 4.69) is 17.0 Å². The summed E-state index contributed by atoms with van der Waals surface area (Å²) >= 11 is 0. The molecule has 0 saturated heterocycles. The van der Waals surface area contributed by atoms with E-state index < -0.39 is 11.9 Å². The van der Waals surface area contributed by atoms with Crippen LogP contribution in [0.15, 0.2) is 78.9 Å². The number of carboxylic acids is 1. The molecule has 0 amide bonds. The lowest BCUT2D eigenvalue weighted by Crippen LogP contribution is -2.28. The van der Waals surface area contributed by atoms with Crippen molar-refractivity contribution in [1.82, 2.24) is 0 Å². The van der Waals surface area contributed by atoms with Crippen LogP contribution in [0.3, 0.4) is 0 Å². The number of aliphatic carboxylic acids is 1. The van der Waals surface area contributed by atoms with Crippen LogP contribution >= 0.6 is 0 Å². The van der Waals surface area contributed by atoms with Crippen LogP contribution in [-0.2, 0) is 11.3 Å². The first-order chi connectivity index (χ1) is 11.8. The first-order valence-corrected chi connectivity index (χ1v) is 7.98. The molecule has 0 unspecified atom stereocenters. The molecule has 0 radical (unpaired) electrons. The second-order valence-corrected chi connectivity index (χ2v) is 5.96. The van der Waals surface area contributed by atoms with E-state index in [1.807, 2.05) is 66.7 Å². The second kappa shape index (κ2) is 5.85. The molecular weight excluding hydrogens is 298 g/mol. The molecule has 1 N–H and O–H groups in total. The minimum atomic E-state index is -0.811. The zero-order chi connectivity index (χ0) is 16.5. The molecule has 3 aromatic carbocycles. The number of carbonyl (C=O) groups is 1. The quantitative estimate of drug-likeness (QED) is 0.770. The number of carboxylic acid groups (broad SMARTS) is 1. The fourth-order valence-electron chi connectivity index (χ4n) is 3.45. The standard InChI is InChI=1S/C21H17NO2/c23-21(24)20-16-10-4-6-12-18(16)22(14-15-8-2-1-3-9-15)19-13-7-5-11-17(19)20/h1-13,20H,14H2,(H,23,24). The van der Waals surface area contributed by atoms with Crippen LogP contribution in [0, 0.1) is 0 Å². The molecule has 24 heavy (non-hydrogen) atoms. The van der Waals surface area contributed by atoms with E-state index in [9.17, 15) is 9.90 Å². The van der Waals surface area contributed by atoms with Crippen LogP contribution in [0.5, 0.6) is 0 Å². The van der Waals surface area contributed by atoms with Crippen molar-refractivity contribution in [3.8, 4) is 0 Å². The molecule has 1 aliphatic rings. The lowest BCUT2D eigenvalue weighted by Gasteiger charge is -2.36. The number of rotatable bonds is 3. The molecule has 0 fully saturated rings. The average Bonchev–Trinajstić information content (AvgIpc) is 2.62. The Morgan fingerprint density at radius 1 is 0.792 bits per heavy atom. The van der Waals surface area contributed by atoms with E-state index >= 15 is 0 Å². The molecule has 1 aliphatic heterocycles. The van der Waals surface area contributed by atoms with E-state index in [1.165, 1.54) is 5.56 Å². The second-order valence-electron chi connectivity index (χ2n) is 5.96. The fraction of sp³-hybridized carbons (Fsp3) is 0.0952. The summed E-state index contributed by atoms with van der Waals surface area (Å²) in [5.41, 5.74) is 4.81. The maximum atomic E-state index is 11.9. The third-order valence-electron chi connectivity index (χ3n) is 4.51. The molecule has 0 saturated carbocycles. The number of nitrogens with zero attached hydrogens (tertiary/aromatic N) is 1. The van der Waals surface area contributed by atoms with Gasteiger partial charge in [-0.2, -0.15) is 0 Å². The summed E-state index contributed by atoms with van der Waals surface area (Å²) in [6, 6.07) is 25.8. The summed E-state index contributed by atoms with van der Waals surface area (Å²) in [4.78, 5) is 14.1. The summed E-state index contributed by atoms with van der Waals surface area (Å²) in [7, 11) is 0. The topological polar surface area (TPSA) is 40.5 Å². The summed E-state index contributed by atoms with van der Waals surface area (Å²) in [5, 5.41) is 9.79. The Morgan fingerprint density at radius 2 is 1.29 bits per heavy atom. The largest absolute Gasteiger partial charge is 0.481 e. The molecule has 1 heterocycles. The van der Waals surface area contributed by atoms with Gasteiger partial charge in [-0.3, -0.25) is 4.79 Å². The normalized spacial score (nSPS) is 13.2. The highest BCUT2D eigenvalue weighted by Gasteiger charge is 2.34. The van der Waals surface area contributed by atoms with Crippen LogP contribution in [0.25, 0.3) is 0 Å². The Morgan fingerprint density at radius 3 is 1.83 bits per heavy atom. The summed E-state index contributed by atoms with van der Waals surface area (Å²) in [6.07, 6.45) is 0. The zero-order valence-electron chi connectivity index (χ0n) is 13.1. The minimum Gasteiger partial charge on any atom is -0.481 e. The molecule has 3 aromatic rings. The van der Waals surface area contributed by atoms with Crippen LogP contribution in [0.1, 0.15) is 22.6 Å². The molecule has 0 atom stereocenters. The highest BCUT2D eigenvalue weighted by molar-refractivity contribution is 5.90. The van der Waals surface area contributed by atoms with Crippen molar-refractivity contribution in [1.29, 1.82) is 0 Å². The Labute approximate surface area is 140 Å². The average molecular weight is 315 g/mol. The van der Waals surface area contributed by atoms with Gasteiger partial charge in [-0.15, -0.1) is 0 Å². The van der Waals surface area contributed by atoms with E-state index in [0.717, 1.165) is 22.5 Å². The molecule has 0 spiro atoms. The van der Waals surface area contributed by atoms with Crippen molar-refractivity contribution in [3.63, 3.8) is 0 Å². The Balaban J connectivity index is 1.89. The van der Waals surface area contributed by atoms with Crippen LogP contribution < -0.4 is 4.90 Å². The minimum absolute atomic E-state index is 0.621. The van der Waals surface area contributed by atoms with Crippen molar-refractivity contribution >= 4 is 17.3 Å². The van der Waals surface area contributed by atoms with E-state index in [0.29, 0.717) is 6.54 Å². The molecule has 3 heteroatoms. The SMILES string of the molecule is O=C(O)C1c2ccccc2N(Cc2ccccc2)c2ccccc21. The van der Waals surface area contributed by atoms with Crippen molar-refractivity contribution in [2.24, 2.45) is 0 Å². The van der Waals surface area contributed by atoms with Crippen molar-refractivity contribution in [3.05, 3.63) is 95.6 Å². The van der Waals surface area contributed by atoms with Crippen LogP contribution in [0.2, 0.25) is 0 Å². The summed E-state index contributed by atoms with van der Waals surface area (Å²) in [6.45, 7) is 0.710. The summed E-state index contributed by atoms with van der Waals surface area (Å²) in [5.74, 6) is -1.43. The van der Waals surface area contributed by atoms with E-state index in [4.69, 9.17) is 0 Å².